The Morgan fingerprint density at radius 2 is 1.83 bits per heavy atom. The second kappa shape index (κ2) is 5.03. The van der Waals surface area contributed by atoms with Gasteiger partial charge < -0.3 is 10.2 Å². The van der Waals surface area contributed by atoms with Gasteiger partial charge in [-0.25, -0.2) is 4.79 Å². The number of hydrogen-bond donors (Lipinski definition) is 2. The fourth-order valence-electron chi connectivity index (χ4n) is 0. The first kappa shape index (κ1) is 9.39. The molecule has 0 unspecified atom stereocenters. The van der Waals surface area contributed by atoms with Crippen molar-refractivity contribution in [1.29, 1.82) is 0 Å². The van der Waals surface area contributed by atoms with Crippen LogP contribution in [-0.4, -0.2) is 41.6 Å². The molecule has 0 atom stereocenters. The van der Waals surface area contributed by atoms with E-state index in [1.54, 1.807) is 0 Å². The van der Waals surface area contributed by atoms with E-state index in [1.807, 2.05) is 0 Å². The van der Waals surface area contributed by atoms with Gasteiger partial charge >= 0.3 is 5.97 Å². The molecular weight excluding hydrogens is 79.0 g/mol. The summed E-state index contributed by atoms with van der Waals surface area (Å²) in [4.78, 5) is 9.12. The average molecular weight is 83.0 g/mol. The molecule has 0 saturated carbocycles. The molecule has 0 aliphatic heterocycles. The van der Waals surface area contributed by atoms with Gasteiger partial charge in [-0.3, -0.25) is 0 Å². The Kier molecular flexibility index (Phi) is 7.87. The van der Waals surface area contributed by atoms with Gasteiger partial charge in [-0.1, -0.05) is 0 Å². The molecule has 0 rings (SSSR count). The maximum atomic E-state index is 9.12. The van der Waals surface area contributed by atoms with E-state index < -0.39 is 12.6 Å². The summed E-state index contributed by atoms with van der Waals surface area (Å²) >= 11 is 0. The molecule has 0 aromatic rings. The van der Waals surface area contributed by atoms with Gasteiger partial charge in [0.2, 0.25) is 0 Å². The number of aliphatic hydroxyl groups is 1. The predicted octanol–water partition coefficient (Wildman–Crippen LogP) is -1.32. The summed E-state index contributed by atoms with van der Waals surface area (Å²) in [5.41, 5.74) is 0. The molecule has 0 fully saturated rings. The Hall–Kier alpha value is 0.0274. The number of aliphatic carboxylic acids is 1. The monoisotopic (exact) mass is 83.0 g/mol. The minimum absolute atomic E-state index is 0. The summed E-state index contributed by atoms with van der Waals surface area (Å²) < 4.78 is 0. The van der Waals surface area contributed by atoms with Crippen molar-refractivity contribution in [1.82, 2.24) is 0 Å². The third-order valence-corrected chi connectivity index (χ3v) is 0.135. The average Bonchev–Trinajstić information content (AvgIpc) is 1.38. The molecule has 0 aliphatic carbocycles. The topological polar surface area (TPSA) is 57.5 Å². The second-order valence-corrected chi connectivity index (χ2v) is 0.552. The fourth-order valence-corrected chi connectivity index (χ4v) is 0. The Morgan fingerprint density at radius 3 is 1.83 bits per heavy atom. The Labute approximate surface area is 47.2 Å². The fraction of sp³-hybridized carbons (Fsp3) is 0.500. The first-order valence-corrected chi connectivity index (χ1v) is 1.10. The molecule has 0 aliphatic rings. The maximum absolute atomic E-state index is 9.12. The summed E-state index contributed by atoms with van der Waals surface area (Å²) in [5.74, 6) is -1.19. The zero-order chi connectivity index (χ0) is 4.28. The number of carboxylic acid groups (broad SMARTS) is 1. The van der Waals surface area contributed by atoms with E-state index in [0.29, 0.717) is 0 Å². The van der Waals surface area contributed by atoms with Crippen LogP contribution in [0.4, 0.5) is 0 Å². The number of carbonyl (C=O) groups is 1. The van der Waals surface area contributed by atoms with Crippen LogP contribution in [-0.2, 0) is 4.79 Å². The number of carboxylic acids is 1. The van der Waals surface area contributed by atoms with Gasteiger partial charge in [0, 0.05) is 18.9 Å². The summed E-state index contributed by atoms with van der Waals surface area (Å²) in [6.45, 7) is -0.778. The van der Waals surface area contributed by atoms with Crippen molar-refractivity contribution in [3.05, 3.63) is 0 Å². The standard InChI is InChI=1S/C2H4O3.Li/c3-1-2(4)5;/h3H,1H2,(H,4,5);. The quantitative estimate of drug-likeness (QED) is 0.386. The molecular formula is C2H4LiO3. The molecule has 31 valence electrons. The summed E-state index contributed by atoms with van der Waals surface area (Å²) in [5, 5.41) is 15.0. The number of rotatable bonds is 1. The smallest absolute Gasteiger partial charge is 0.329 e. The summed E-state index contributed by atoms with van der Waals surface area (Å²) in [6, 6.07) is 0. The van der Waals surface area contributed by atoms with Crippen molar-refractivity contribution in [2.45, 2.75) is 0 Å². The van der Waals surface area contributed by atoms with Gasteiger partial charge in [0.1, 0.15) is 6.61 Å². The van der Waals surface area contributed by atoms with Gasteiger partial charge in [0.05, 0.1) is 0 Å². The van der Waals surface area contributed by atoms with Crippen molar-refractivity contribution in [3.63, 3.8) is 0 Å². The Morgan fingerprint density at radius 1 is 1.67 bits per heavy atom. The molecule has 6 heavy (non-hydrogen) atoms. The molecule has 0 saturated heterocycles. The van der Waals surface area contributed by atoms with Crippen LogP contribution in [0, 0.1) is 0 Å². The van der Waals surface area contributed by atoms with E-state index in [0.717, 1.165) is 0 Å². The molecule has 0 aromatic heterocycles. The SMILES string of the molecule is O=C(O)CO.[Li]. The molecule has 0 spiro atoms. The van der Waals surface area contributed by atoms with Crippen LogP contribution in [0.5, 0.6) is 0 Å². The zero-order valence-corrected chi connectivity index (χ0v) is 3.51. The molecule has 0 aromatic carbocycles. The molecule has 0 amide bonds. The zero-order valence-electron chi connectivity index (χ0n) is 3.51. The molecule has 4 heteroatoms. The Balaban J connectivity index is 0. The molecule has 3 nitrogen and oxygen atoms in total. The van der Waals surface area contributed by atoms with Gasteiger partial charge in [0.25, 0.3) is 0 Å². The van der Waals surface area contributed by atoms with Crippen LogP contribution in [0.25, 0.3) is 0 Å². The van der Waals surface area contributed by atoms with E-state index in [-0.39, 0.29) is 18.9 Å². The normalized spacial score (nSPS) is 6.17. The van der Waals surface area contributed by atoms with Gasteiger partial charge in [0.15, 0.2) is 0 Å². The van der Waals surface area contributed by atoms with Gasteiger partial charge in [-0.05, 0) is 0 Å². The van der Waals surface area contributed by atoms with E-state index in [4.69, 9.17) is 15.0 Å². The Bertz CT molecular complexity index is 44.1. The van der Waals surface area contributed by atoms with Crippen LogP contribution in [0.2, 0.25) is 0 Å². The minimum Gasteiger partial charge on any atom is -0.480 e. The van der Waals surface area contributed by atoms with Gasteiger partial charge in [-0.15, -0.1) is 0 Å². The third kappa shape index (κ3) is 8.98. The van der Waals surface area contributed by atoms with E-state index in [1.165, 1.54) is 0 Å². The first-order chi connectivity index (χ1) is 2.27. The molecule has 0 bridgehead atoms. The van der Waals surface area contributed by atoms with E-state index in [9.17, 15) is 0 Å². The second-order valence-electron chi connectivity index (χ2n) is 0.552. The van der Waals surface area contributed by atoms with Crippen LogP contribution in [0.15, 0.2) is 0 Å². The van der Waals surface area contributed by atoms with Crippen LogP contribution >= 0.6 is 0 Å². The van der Waals surface area contributed by atoms with Crippen molar-refractivity contribution in [3.8, 4) is 0 Å². The van der Waals surface area contributed by atoms with Gasteiger partial charge in [-0.2, -0.15) is 0 Å². The third-order valence-electron chi connectivity index (χ3n) is 0.135. The molecule has 0 heterocycles. The molecule has 1 radical (unpaired) electrons. The van der Waals surface area contributed by atoms with E-state index in [2.05, 4.69) is 0 Å². The minimum atomic E-state index is -1.19. The van der Waals surface area contributed by atoms with Crippen LogP contribution in [0.3, 0.4) is 0 Å². The predicted molar refractivity (Wildman–Crippen MR) is 20.5 cm³/mol. The maximum Gasteiger partial charge on any atom is 0.329 e. The molecule has 2 N–H and O–H groups in total. The van der Waals surface area contributed by atoms with Crippen LogP contribution in [0.1, 0.15) is 0 Å². The first-order valence-electron chi connectivity index (χ1n) is 1.10. The summed E-state index contributed by atoms with van der Waals surface area (Å²) in [7, 11) is 0. The number of hydrogen-bond acceptors (Lipinski definition) is 2. The van der Waals surface area contributed by atoms with Crippen LogP contribution < -0.4 is 0 Å². The largest absolute Gasteiger partial charge is 0.480 e. The van der Waals surface area contributed by atoms with Crippen molar-refractivity contribution in [2.24, 2.45) is 0 Å². The van der Waals surface area contributed by atoms with Crippen molar-refractivity contribution in [2.75, 3.05) is 6.61 Å². The number of aliphatic hydroxyl groups excluding tert-OH is 1. The summed E-state index contributed by atoms with van der Waals surface area (Å²) in [6.07, 6.45) is 0. The van der Waals surface area contributed by atoms with E-state index >= 15 is 0 Å². The van der Waals surface area contributed by atoms with Crippen molar-refractivity contribution < 1.29 is 15.0 Å². The van der Waals surface area contributed by atoms with Crippen molar-refractivity contribution >= 4 is 24.8 Å².